The molecule has 2 N–H and O–H groups in total. The Morgan fingerprint density at radius 3 is 2.17 bits per heavy atom. The average Bonchev–Trinajstić information content (AvgIpc) is 2.74. The molecule has 0 saturated carbocycles. The van der Waals surface area contributed by atoms with Gasteiger partial charge in [0.25, 0.3) is 5.91 Å². The van der Waals surface area contributed by atoms with E-state index in [1.54, 1.807) is 0 Å². The number of halogens is 2. The molecular formula is C22H38Cl2N4O2. The molecule has 1 aromatic rings. The highest BCUT2D eigenvalue weighted by Crippen LogP contribution is 2.21. The van der Waals surface area contributed by atoms with Gasteiger partial charge in [-0.25, -0.2) is 0 Å². The van der Waals surface area contributed by atoms with Crippen molar-refractivity contribution in [3.63, 3.8) is 0 Å². The van der Waals surface area contributed by atoms with Crippen LogP contribution in [0.5, 0.6) is 0 Å². The minimum Gasteiger partial charge on any atom is -0.378 e. The zero-order valence-electron chi connectivity index (χ0n) is 18.3. The molecule has 6 nitrogen and oxygen atoms in total. The standard InChI is InChI=1S/C22H36N4O2.2ClH/c1-18(2)24-13-15-25(16-14-24)20-6-4-19(5-7-20)22(27)26-11-8-21(9-12-26)28-17-3-10-23;;/h4-7,18,21H,3,8-17,23H2,1-2H3;2*1H. The van der Waals surface area contributed by atoms with Crippen molar-refractivity contribution < 1.29 is 9.53 Å². The summed E-state index contributed by atoms with van der Waals surface area (Å²) >= 11 is 0. The molecule has 2 heterocycles. The van der Waals surface area contributed by atoms with E-state index in [4.69, 9.17) is 10.5 Å². The number of amides is 1. The first-order valence-corrected chi connectivity index (χ1v) is 10.8. The first kappa shape index (κ1) is 27.0. The molecule has 0 bridgehead atoms. The molecule has 2 aliphatic heterocycles. The van der Waals surface area contributed by atoms with Crippen LogP contribution in [0.2, 0.25) is 0 Å². The number of nitrogens with zero attached hydrogens (tertiary/aromatic N) is 3. The number of anilines is 1. The van der Waals surface area contributed by atoms with Gasteiger partial charge >= 0.3 is 0 Å². The van der Waals surface area contributed by atoms with E-state index in [0.717, 1.165) is 70.7 Å². The highest BCUT2D eigenvalue weighted by molar-refractivity contribution is 5.94. The topological polar surface area (TPSA) is 62.0 Å². The number of rotatable bonds is 7. The second-order valence-corrected chi connectivity index (χ2v) is 8.17. The maximum Gasteiger partial charge on any atom is 0.253 e. The molecule has 0 unspecified atom stereocenters. The molecule has 2 fully saturated rings. The summed E-state index contributed by atoms with van der Waals surface area (Å²) in [6.45, 7) is 11.7. The Morgan fingerprint density at radius 1 is 1.03 bits per heavy atom. The van der Waals surface area contributed by atoms with Crippen LogP contribution in [-0.2, 0) is 4.74 Å². The smallest absolute Gasteiger partial charge is 0.253 e. The monoisotopic (exact) mass is 460 g/mol. The van der Waals surface area contributed by atoms with Gasteiger partial charge in [-0.3, -0.25) is 9.69 Å². The number of nitrogens with two attached hydrogens (primary N) is 1. The first-order valence-electron chi connectivity index (χ1n) is 10.8. The summed E-state index contributed by atoms with van der Waals surface area (Å²) in [7, 11) is 0. The highest BCUT2D eigenvalue weighted by Gasteiger charge is 2.24. The fraction of sp³-hybridized carbons (Fsp3) is 0.682. The molecule has 2 saturated heterocycles. The van der Waals surface area contributed by atoms with Gasteiger partial charge in [-0.05, 0) is 63.9 Å². The summed E-state index contributed by atoms with van der Waals surface area (Å²) in [5.74, 6) is 0.136. The van der Waals surface area contributed by atoms with E-state index in [-0.39, 0.29) is 36.8 Å². The van der Waals surface area contributed by atoms with Crippen LogP contribution in [0.3, 0.4) is 0 Å². The van der Waals surface area contributed by atoms with Gasteiger partial charge < -0.3 is 20.3 Å². The highest BCUT2D eigenvalue weighted by atomic mass is 35.5. The molecule has 0 radical (unpaired) electrons. The Kier molecular flexibility index (Phi) is 12.0. The predicted molar refractivity (Wildman–Crippen MR) is 128 cm³/mol. The van der Waals surface area contributed by atoms with Crippen molar-refractivity contribution in [2.75, 3.05) is 57.3 Å². The molecule has 0 atom stereocenters. The van der Waals surface area contributed by atoms with E-state index in [2.05, 4.69) is 35.8 Å². The minimum atomic E-state index is 0. The van der Waals surface area contributed by atoms with E-state index >= 15 is 0 Å². The SMILES string of the molecule is CC(C)N1CCN(c2ccc(C(=O)N3CCC(OCCCN)CC3)cc2)CC1.Cl.Cl. The number of benzene rings is 1. The lowest BCUT2D eigenvalue weighted by molar-refractivity contribution is 0.00845. The molecule has 1 amide bonds. The van der Waals surface area contributed by atoms with E-state index in [0.29, 0.717) is 12.6 Å². The zero-order valence-corrected chi connectivity index (χ0v) is 19.9. The van der Waals surface area contributed by atoms with Crippen molar-refractivity contribution in [1.29, 1.82) is 0 Å². The van der Waals surface area contributed by atoms with Crippen molar-refractivity contribution in [2.24, 2.45) is 5.73 Å². The lowest BCUT2D eigenvalue weighted by Crippen LogP contribution is -2.48. The second kappa shape index (κ2) is 13.4. The Bertz CT molecular complexity index is 614. The maximum absolute atomic E-state index is 12.8. The third-order valence-electron chi connectivity index (χ3n) is 5.96. The number of hydrogen-bond acceptors (Lipinski definition) is 5. The van der Waals surface area contributed by atoms with Gasteiger partial charge in [-0.15, -0.1) is 24.8 Å². The van der Waals surface area contributed by atoms with Gasteiger partial charge in [0.1, 0.15) is 0 Å². The molecule has 2 aliphatic rings. The number of hydrogen-bond donors (Lipinski definition) is 1. The third-order valence-corrected chi connectivity index (χ3v) is 5.96. The van der Waals surface area contributed by atoms with E-state index in [9.17, 15) is 4.79 Å². The van der Waals surface area contributed by atoms with Gasteiger partial charge in [0, 0.05) is 63.2 Å². The van der Waals surface area contributed by atoms with E-state index in [1.165, 1.54) is 5.69 Å². The van der Waals surface area contributed by atoms with E-state index in [1.807, 2.05) is 17.0 Å². The van der Waals surface area contributed by atoms with Crippen molar-refractivity contribution >= 4 is 36.4 Å². The Morgan fingerprint density at radius 2 is 1.63 bits per heavy atom. The van der Waals surface area contributed by atoms with Crippen LogP contribution in [0.4, 0.5) is 5.69 Å². The van der Waals surface area contributed by atoms with Gasteiger partial charge in [0.05, 0.1) is 6.10 Å². The van der Waals surface area contributed by atoms with Gasteiger partial charge in [0.15, 0.2) is 0 Å². The summed E-state index contributed by atoms with van der Waals surface area (Å²) in [5.41, 5.74) is 7.51. The molecule has 0 aromatic heterocycles. The lowest BCUT2D eigenvalue weighted by Gasteiger charge is -2.38. The molecule has 30 heavy (non-hydrogen) atoms. The molecule has 0 spiro atoms. The Labute approximate surface area is 193 Å². The lowest BCUT2D eigenvalue weighted by atomic mass is 10.1. The number of piperazine rings is 1. The maximum atomic E-state index is 12.8. The number of ether oxygens (including phenoxy) is 1. The number of likely N-dealkylation sites (tertiary alicyclic amines) is 1. The average molecular weight is 461 g/mol. The van der Waals surface area contributed by atoms with Crippen LogP contribution in [0.15, 0.2) is 24.3 Å². The zero-order chi connectivity index (χ0) is 19.9. The minimum absolute atomic E-state index is 0. The summed E-state index contributed by atoms with van der Waals surface area (Å²) < 4.78 is 5.84. The van der Waals surface area contributed by atoms with E-state index < -0.39 is 0 Å². The fourth-order valence-corrected chi connectivity index (χ4v) is 4.05. The van der Waals surface area contributed by atoms with Crippen LogP contribution in [0.25, 0.3) is 0 Å². The molecule has 3 rings (SSSR count). The van der Waals surface area contributed by atoms with Crippen molar-refractivity contribution in [1.82, 2.24) is 9.80 Å². The summed E-state index contributed by atoms with van der Waals surface area (Å²) in [4.78, 5) is 19.7. The Hall–Kier alpha value is -1.05. The molecule has 1 aromatic carbocycles. The third kappa shape index (κ3) is 7.27. The number of carbonyl (C=O) groups is 1. The fourth-order valence-electron chi connectivity index (χ4n) is 4.05. The number of piperidine rings is 1. The Balaban J connectivity index is 0.00000225. The summed E-state index contributed by atoms with van der Waals surface area (Å²) in [6.07, 6.45) is 2.99. The van der Waals surface area contributed by atoms with Crippen molar-refractivity contribution in [3.05, 3.63) is 29.8 Å². The first-order chi connectivity index (χ1) is 13.6. The van der Waals surface area contributed by atoms with Crippen LogP contribution in [-0.4, -0.2) is 80.3 Å². The van der Waals surface area contributed by atoms with Crippen LogP contribution in [0, 0.1) is 0 Å². The normalized spacial score (nSPS) is 18.1. The quantitative estimate of drug-likeness (QED) is 0.633. The van der Waals surface area contributed by atoms with Crippen LogP contribution >= 0.6 is 24.8 Å². The summed E-state index contributed by atoms with van der Waals surface area (Å²) in [6, 6.07) is 8.77. The van der Waals surface area contributed by atoms with Crippen LogP contribution < -0.4 is 10.6 Å². The summed E-state index contributed by atoms with van der Waals surface area (Å²) in [5, 5.41) is 0. The van der Waals surface area contributed by atoms with Crippen LogP contribution in [0.1, 0.15) is 43.5 Å². The predicted octanol–water partition coefficient (Wildman–Crippen LogP) is 3.03. The largest absolute Gasteiger partial charge is 0.378 e. The molecule has 172 valence electrons. The van der Waals surface area contributed by atoms with Gasteiger partial charge in [-0.2, -0.15) is 0 Å². The van der Waals surface area contributed by atoms with Crippen molar-refractivity contribution in [2.45, 2.75) is 45.3 Å². The molecule has 8 heteroatoms. The van der Waals surface area contributed by atoms with Gasteiger partial charge in [0.2, 0.25) is 0 Å². The van der Waals surface area contributed by atoms with Gasteiger partial charge in [-0.1, -0.05) is 0 Å². The molecule has 0 aliphatic carbocycles. The second-order valence-electron chi connectivity index (χ2n) is 8.17. The van der Waals surface area contributed by atoms with Crippen molar-refractivity contribution in [3.8, 4) is 0 Å². The number of carbonyl (C=O) groups excluding carboxylic acids is 1. The molecular weight excluding hydrogens is 423 g/mol.